The molecule has 0 aliphatic rings. The molecule has 42 heavy (non-hydrogen) atoms. The number of hydrogen-bond donors (Lipinski definition) is 7. The summed E-state index contributed by atoms with van der Waals surface area (Å²) in [5, 5.41) is 20.4. The number of carbonyl (C=O) groups is 4. The molecule has 0 unspecified atom stereocenters. The Kier molecular flexibility index (Phi) is 14.4. The Morgan fingerprint density at radius 2 is 1.55 bits per heavy atom. The van der Waals surface area contributed by atoms with E-state index in [1.807, 2.05) is 0 Å². The van der Waals surface area contributed by atoms with Gasteiger partial charge in [0.25, 0.3) is 0 Å². The molecule has 10 N–H and O–H groups in total. The standard InChI is InChI=1S/C23H29Cl2N7O3.C2HF3O2/c24-17-8-7-16(18(25)11-17)10-20(33)32(19(21(26)34)2-1-9-30-22(27)28)13-15-5-3-14(4-6-15)12-31-23(29)35;3-2(4,5)1(6)7/h3-8,11,19H,1-2,9-10,12-13H2,(H2,26,34)(H4,27,28,30)(H3,29,31,35);(H,6,7)/t19-;/m1./s1. The summed E-state index contributed by atoms with van der Waals surface area (Å²) >= 11 is 12.2. The monoisotopic (exact) mass is 635 g/mol. The van der Waals surface area contributed by atoms with Crippen LogP contribution in [0.25, 0.3) is 0 Å². The van der Waals surface area contributed by atoms with Crippen LogP contribution in [-0.2, 0) is 33.9 Å². The lowest BCUT2D eigenvalue weighted by Crippen LogP contribution is -2.48. The molecule has 0 saturated heterocycles. The molecule has 0 aliphatic carbocycles. The highest BCUT2D eigenvalue weighted by Crippen LogP contribution is 2.23. The van der Waals surface area contributed by atoms with Gasteiger partial charge < -0.3 is 37.8 Å². The van der Waals surface area contributed by atoms with Crippen LogP contribution >= 0.6 is 23.2 Å². The van der Waals surface area contributed by atoms with Crippen molar-refractivity contribution in [2.75, 3.05) is 6.54 Å². The molecule has 0 spiro atoms. The van der Waals surface area contributed by atoms with E-state index in [2.05, 4.69) is 10.6 Å². The summed E-state index contributed by atoms with van der Waals surface area (Å²) in [6.07, 6.45) is -4.40. The van der Waals surface area contributed by atoms with Crippen LogP contribution < -0.4 is 27.8 Å². The van der Waals surface area contributed by atoms with Gasteiger partial charge in [-0.25, -0.2) is 9.59 Å². The van der Waals surface area contributed by atoms with E-state index in [4.69, 9.17) is 55.7 Å². The topological polar surface area (TPSA) is 218 Å². The van der Waals surface area contributed by atoms with Crippen LogP contribution in [0.4, 0.5) is 18.0 Å². The lowest BCUT2D eigenvalue weighted by atomic mass is 10.0. The van der Waals surface area contributed by atoms with E-state index in [9.17, 15) is 27.6 Å². The summed E-state index contributed by atoms with van der Waals surface area (Å²) in [5.74, 6) is -3.92. The van der Waals surface area contributed by atoms with Crippen molar-refractivity contribution < 1.29 is 37.5 Å². The average Bonchev–Trinajstić information content (AvgIpc) is 2.88. The highest BCUT2D eigenvalue weighted by atomic mass is 35.5. The van der Waals surface area contributed by atoms with Crippen molar-refractivity contribution in [1.82, 2.24) is 15.5 Å². The zero-order valence-corrected chi connectivity index (χ0v) is 23.5. The number of carboxylic acids is 1. The number of carboxylic acid groups (broad SMARTS) is 1. The Hall–Kier alpha value is -4.24. The molecule has 0 aromatic heterocycles. The third kappa shape index (κ3) is 13.4. The highest BCUT2D eigenvalue weighted by molar-refractivity contribution is 6.35. The maximum absolute atomic E-state index is 13.4. The number of nitrogens with one attached hydrogen (secondary N) is 3. The van der Waals surface area contributed by atoms with Gasteiger partial charge in [-0.2, -0.15) is 13.2 Å². The molecular weight excluding hydrogens is 606 g/mol. The van der Waals surface area contributed by atoms with Gasteiger partial charge in [0, 0.05) is 29.7 Å². The number of carbonyl (C=O) groups excluding carboxylic acids is 3. The SMILES string of the molecule is N=C(N)NCCC[C@H](C(N)=O)N(Cc1ccc(CNC(N)=O)cc1)C(=O)Cc1ccc(Cl)cc1Cl.O=C(O)C(F)(F)F. The van der Waals surface area contributed by atoms with E-state index in [0.29, 0.717) is 28.6 Å². The number of urea groups is 1. The Morgan fingerprint density at radius 1 is 0.976 bits per heavy atom. The van der Waals surface area contributed by atoms with E-state index in [0.717, 1.165) is 11.1 Å². The van der Waals surface area contributed by atoms with E-state index < -0.39 is 30.1 Å². The molecule has 230 valence electrons. The van der Waals surface area contributed by atoms with Gasteiger partial charge in [-0.15, -0.1) is 0 Å². The van der Waals surface area contributed by atoms with Crippen molar-refractivity contribution in [2.24, 2.45) is 17.2 Å². The number of guanidine groups is 1. The number of aliphatic carboxylic acids is 1. The van der Waals surface area contributed by atoms with Crippen LogP contribution in [0.5, 0.6) is 0 Å². The molecule has 1 atom stereocenters. The number of amides is 4. The number of hydrogen-bond acceptors (Lipinski definition) is 5. The van der Waals surface area contributed by atoms with Gasteiger partial charge in [-0.1, -0.05) is 53.5 Å². The average molecular weight is 636 g/mol. The molecule has 0 bridgehead atoms. The molecule has 4 amide bonds. The van der Waals surface area contributed by atoms with Crippen LogP contribution in [0.2, 0.25) is 10.0 Å². The van der Waals surface area contributed by atoms with Crippen LogP contribution in [0.15, 0.2) is 42.5 Å². The van der Waals surface area contributed by atoms with Crippen LogP contribution in [0.1, 0.15) is 29.5 Å². The van der Waals surface area contributed by atoms with E-state index in [1.54, 1.807) is 42.5 Å². The summed E-state index contributed by atoms with van der Waals surface area (Å²) in [7, 11) is 0. The predicted octanol–water partition coefficient (Wildman–Crippen LogP) is 2.48. The van der Waals surface area contributed by atoms with Crippen molar-refractivity contribution in [3.8, 4) is 0 Å². The van der Waals surface area contributed by atoms with Crippen molar-refractivity contribution in [3.63, 3.8) is 0 Å². The normalized spacial score (nSPS) is 11.4. The minimum absolute atomic E-state index is 0.0495. The van der Waals surface area contributed by atoms with Gasteiger partial charge in [0.15, 0.2) is 5.96 Å². The maximum Gasteiger partial charge on any atom is 0.490 e. The van der Waals surface area contributed by atoms with Gasteiger partial charge in [0.05, 0.1) is 6.42 Å². The van der Waals surface area contributed by atoms with Gasteiger partial charge >= 0.3 is 18.2 Å². The third-order valence-corrected chi connectivity index (χ3v) is 6.02. The van der Waals surface area contributed by atoms with E-state index in [1.165, 1.54) is 4.90 Å². The molecule has 0 saturated carbocycles. The number of halogens is 5. The quantitative estimate of drug-likeness (QED) is 0.105. The number of primary amides is 2. The first-order chi connectivity index (χ1) is 19.5. The molecule has 2 rings (SSSR count). The molecule has 0 aliphatic heterocycles. The molecule has 2 aromatic rings. The first-order valence-corrected chi connectivity index (χ1v) is 12.8. The summed E-state index contributed by atoms with van der Waals surface area (Å²) in [6.45, 7) is 0.743. The van der Waals surface area contributed by atoms with Gasteiger partial charge in [-0.3, -0.25) is 15.0 Å². The zero-order valence-electron chi connectivity index (χ0n) is 22.0. The molecule has 17 heteroatoms. The number of benzene rings is 2. The Bertz CT molecular complexity index is 1260. The predicted molar refractivity (Wildman–Crippen MR) is 149 cm³/mol. The van der Waals surface area contributed by atoms with E-state index >= 15 is 0 Å². The number of nitrogens with zero attached hydrogens (tertiary/aromatic N) is 1. The smallest absolute Gasteiger partial charge is 0.475 e. The van der Waals surface area contributed by atoms with E-state index in [-0.39, 0.29) is 37.8 Å². The Morgan fingerprint density at radius 3 is 2.02 bits per heavy atom. The van der Waals surface area contributed by atoms with Crippen molar-refractivity contribution in [2.45, 2.75) is 44.6 Å². The highest BCUT2D eigenvalue weighted by Gasteiger charge is 2.38. The second kappa shape index (κ2) is 16.9. The van der Waals surface area contributed by atoms with Crippen molar-refractivity contribution >= 4 is 53.0 Å². The number of rotatable bonds is 12. The minimum atomic E-state index is -5.08. The van der Waals surface area contributed by atoms with Gasteiger partial charge in [0.2, 0.25) is 11.8 Å². The second-order valence-electron chi connectivity index (χ2n) is 8.67. The molecule has 12 nitrogen and oxygen atoms in total. The first kappa shape index (κ1) is 35.8. The first-order valence-electron chi connectivity index (χ1n) is 12.0. The fraction of sp³-hybridized carbons (Fsp3) is 0.320. The fourth-order valence-electron chi connectivity index (χ4n) is 3.42. The molecule has 0 heterocycles. The summed E-state index contributed by atoms with van der Waals surface area (Å²) in [5.41, 5.74) is 18.2. The third-order valence-electron chi connectivity index (χ3n) is 5.44. The Balaban J connectivity index is 0.00000112. The Labute approximate surface area is 248 Å². The maximum atomic E-state index is 13.4. The van der Waals surface area contributed by atoms with Gasteiger partial charge in [-0.05, 0) is 41.7 Å². The lowest BCUT2D eigenvalue weighted by molar-refractivity contribution is -0.192. The molecule has 0 radical (unpaired) electrons. The van der Waals surface area contributed by atoms with Crippen molar-refractivity contribution in [3.05, 3.63) is 69.2 Å². The number of nitrogens with two attached hydrogens (primary N) is 3. The largest absolute Gasteiger partial charge is 0.490 e. The minimum Gasteiger partial charge on any atom is -0.475 e. The zero-order chi connectivity index (χ0) is 32.0. The number of alkyl halides is 3. The molecule has 2 aromatic carbocycles. The summed E-state index contributed by atoms with van der Waals surface area (Å²) in [4.78, 5) is 47.0. The fourth-order valence-corrected chi connectivity index (χ4v) is 3.90. The second-order valence-corrected chi connectivity index (χ2v) is 9.52. The van der Waals surface area contributed by atoms with Crippen LogP contribution in [0.3, 0.4) is 0 Å². The van der Waals surface area contributed by atoms with Crippen LogP contribution in [-0.4, -0.2) is 58.5 Å². The van der Waals surface area contributed by atoms with Crippen LogP contribution in [0, 0.1) is 5.41 Å². The van der Waals surface area contributed by atoms with Crippen molar-refractivity contribution in [1.29, 1.82) is 5.41 Å². The molecular formula is C25H30Cl2F3N7O5. The van der Waals surface area contributed by atoms with Gasteiger partial charge in [0.1, 0.15) is 6.04 Å². The summed E-state index contributed by atoms with van der Waals surface area (Å²) in [6, 6.07) is 10.5. The summed E-state index contributed by atoms with van der Waals surface area (Å²) < 4.78 is 31.7. The lowest BCUT2D eigenvalue weighted by Gasteiger charge is -2.30. The molecule has 0 fully saturated rings.